The number of thiazole rings is 1. The van der Waals surface area contributed by atoms with Crippen LogP contribution in [0.3, 0.4) is 0 Å². The molecule has 2 aromatic carbocycles. The molecule has 2 aromatic heterocycles. The van der Waals surface area contributed by atoms with E-state index in [1.807, 2.05) is 60.8 Å². The number of nitrogens with zero attached hydrogens (tertiary/aromatic N) is 1. The molecule has 124 valence electrons. The third-order valence-corrected chi connectivity index (χ3v) is 6.26. The molecular weight excluding hydrogens is 348 g/mol. The summed E-state index contributed by atoms with van der Waals surface area (Å²) in [7, 11) is 0. The lowest BCUT2D eigenvalue weighted by Crippen LogP contribution is -2.22. The number of benzene rings is 2. The van der Waals surface area contributed by atoms with E-state index in [1.54, 1.807) is 22.7 Å². The number of hydrogen-bond acceptors (Lipinski definition) is 4. The van der Waals surface area contributed by atoms with Crippen molar-refractivity contribution in [3.05, 3.63) is 76.1 Å². The highest BCUT2D eigenvalue weighted by Gasteiger charge is 2.13. The Bertz CT molecular complexity index is 1030. The van der Waals surface area contributed by atoms with E-state index >= 15 is 0 Å². The first-order valence-corrected chi connectivity index (χ1v) is 9.68. The highest BCUT2D eigenvalue weighted by molar-refractivity contribution is 7.21. The summed E-state index contributed by atoms with van der Waals surface area (Å²) in [5.74, 6) is -0.0535. The van der Waals surface area contributed by atoms with Crippen molar-refractivity contribution in [1.82, 2.24) is 10.3 Å². The van der Waals surface area contributed by atoms with Gasteiger partial charge in [-0.1, -0.05) is 42.5 Å². The molecule has 1 N–H and O–H groups in total. The lowest BCUT2D eigenvalue weighted by atomic mass is 10.0. The zero-order chi connectivity index (χ0) is 17.2. The molecular formula is C20H16N2OS2. The Balaban J connectivity index is 1.54. The van der Waals surface area contributed by atoms with Gasteiger partial charge in [0.25, 0.3) is 5.91 Å². The van der Waals surface area contributed by atoms with Gasteiger partial charge in [-0.2, -0.15) is 0 Å². The van der Waals surface area contributed by atoms with Gasteiger partial charge < -0.3 is 5.32 Å². The number of nitrogens with one attached hydrogen (secondary N) is 1. The van der Waals surface area contributed by atoms with Gasteiger partial charge in [0, 0.05) is 10.4 Å². The fraction of sp³-hybridized carbons (Fsp3) is 0.100. The summed E-state index contributed by atoms with van der Waals surface area (Å²) < 4.78 is 0. The van der Waals surface area contributed by atoms with Crippen molar-refractivity contribution in [2.75, 3.05) is 0 Å². The van der Waals surface area contributed by atoms with Gasteiger partial charge in [0.05, 0.1) is 17.1 Å². The van der Waals surface area contributed by atoms with Crippen LogP contribution in [0.15, 0.2) is 60.0 Å². The third-order valence-electron chi connectivity index (χ3n) is 4.07. The molecule has 0 aliphatic rings. The van der Waals surface area contributed by atoms with Crippen LogP contribution in [0.1, 0.15) is 20.9 Å². The maximum Gasteiger partial charge on any atom is 0.252 e. The number of carbonyl (C=O) groups excluding carboxylic acids is 1. The molecule has 0 unspecified atom stereocenters. The van der Waals surface area contributed by atoms with Crippen LogP contribution in [0.4, 0.5) is 0 Å². The summed E-state index contributed by atoms with van der Waals surface area (Å²) in [4.78, 5) is 19.5. The van der Waals surface area contributed by atoms with Gasteiger partial charge >= 0.3 is 0 Å². The number of thiophene rings is 1. The number of fused-ring (bicyclic) bond motifs is 1. The lowest BCUT2D eigenvalue weighted by molar-refractivity contribution is 0.0953. The molecule has 5 heteroatoms. The van der Waals surface area contributed by atoms with E-state index < -0.39 is 0 Å². The first-order chi connectivity index (χ1) is 12.2. The van der Waals surface area contributed by atoms with Gasteiger partial charge in [-0.15, -0.1) is 22.7 Å². The third kappa shape index (κ3) is 3.21. The minimum atomic E-state index is -0.0535. The van der Waals surface area contributed by atoms with Crippen LogP contribution in [-0.4, -0.2) is 10.9 Å². The van der Waals surface area contributed by atoms with E-state index in [1.165, 1.54) is 4.88 Å². The van der Waals surface area contributed by atoms with Crippen LogP contribution in [0, 0.1) is 6.92 Å². The van der Waals surface area contributed by atoms with Gasteiger partial charge in [0.15, 0.2) is 0 Å². The molecule has 1 amide bonds. The smallest absolute Gasteiger partial charge is 0.252 e. The summed E-state index contributed by atoms with van der Waals surface area (Å²) in [6, 6.07) is 17.9. The zero-order valence-electron chi connectivity index (χ0n) is 13.7. The Morgan fingerprint density at radius 2 is 1.92 bits per heavy atom. The predicted octanol–water partition coefficient (Wildman–Crippen LogP) is 5.26. The quantitative estimate of drug-likeness (QED) is 0.536. The molecule has 0 radical (unpaired) electrons. The van der Waals surface area contributed by atoms with Crippen molar-refractivity contribution < 1.29 is 4.79 Å². The summed E-state index contributed by atoms with van der Waals surface area (Å²) >= 11 is 3.32. The van der Waals surface area contributed by atoms with Crippen LogP contribution in [-0.2, 0) is 6.54 Å². The van der Waals surface area contributed by atoms with Crippen LogP contribution < -0.4 is 5.32 Å². The lowest BCUT2D eigenvalue weighted by Gasteiger charge is -2.07. The van der Waals surface area contributed by atoms with E-state index in [-0.39, 0.29) is 5.91 Å². The van der Waals surface area contributed by atoms with Crippen molar-refractivity contribution in [2.45, 2.75) is 13.5 Å². The monoisotopic (exact) mass is 364 g/mol. The number of aryl methyl sites for hydroxylation is 1. The Kier molecular flexibility index (Phi) is 4.34. The maximum atomic E-state index is 12.7. The fourth-order valence-corrected chi connectivity index (χ4v) is 4.58. The second-order valence-electron chi connectivity index (χ2n) is 5.71. The Labute approximate surface area is 154 Å². The van der Waals surface area contributed by atoms with Gasteiger partial charge in [0.1, 0.15) is 5.01 Å². The molecule has 0 saturated carbocycles. The standard InChI is InChI=1S/C20H16N2OS2/c1-13-18(25-20(22-13)17-10-5-11-24-17)12-21-19(23)16-9-4-7-14-6-2-3-8-15(14)16/h2-11H,12H2,1H3,(H,21,23). The van der Waals surface area contributed by atoms with E-state index in [4.69, 9.17) is 0 Å². The molecule has 0 fully saturated rings. The number of rotatable bonds is 4. The van der Waals surface area contributed by atoms with Crippen LogP contribution in [0.25, 0.3) is 20.7 Å². The molecule has 2 heterocycles. The van der Waals surface area contributed by atoms with Crippen molar-refractivity contribution in [3.8, 4) is 9.88 Å². The average Bonchev–Trinajstić information content (AvgIpc) is 3.29. The molecule has 25 heavy (non-hydrogen) atoms. The molecule has 3 nitrogen and oxygen atoms in total. The predicted molar refractivity (Wildman–Crippen MR) is 105 cm³/mol. The van der Waals surface area contributed by atoms with Crippen molar-refractivity contribution in [2.24, 2.45) is 0 Å². The average molecular weight is 364 g/mol. The van der Waals surface area contributed by atoms with Gasteiger partial charge in [-0.25, -0.2) is 4.98 Å². The molecule has 0 atom stereocenters. The number of hydrogen-bond donors (Lipinski definition) is 1. The highest BCUT2D eigenvalue weighted by atomic mass is 32.1. The van der Waals surface area contributed by atoms with E-state index in [0.29, 0.717) is 12.1 Å². The Hall–Kier alpha value is -2.50. The summed E-state index contributed by atoms with van der Waals surface area (Å²) in [5, 5.41) is 8.16. The van der Waals surface area contributed by atoms with Crippen molar-refractivity contribution in [3.63, 3.8) is 0 Å². The van der Waals surface area contributed by atoms with Crippen molar-refractivity contribution in [1.29, 1.82) is 0 Å². The van der Waals surface area contributed by atoms with Crippen LogP contribution in [0.5, 0.6) is 0 Å². The number of carbonyl (C=O) groups is 1. The van der Waals surface area contributed by atoms with Crippen molar-refractivity contribution >= 4 is 39.4 Å². The summed E-state index contributed by atoms with van der Waals surface area (Å²) in [6.07, 6.45) is 0. The van der Waals surface area contributed by atoms with E-state index in [0.717, 1.165) is 26.4 Å². The largest absolute Gasteiger partial charge is 0.347 e. The first kappa shape index (κ1) is 16.0. The zero-order valence-corrected chi connectivity index (χ0v) is 15.3. The van der Waals surface area contributed by atoms with Crippen LogP contribution >= 0.6 is 22.7 Å². The molecule has 4 rings (SSSR count). The Morgan fingerprint density at radius 3 is 2.76 bits per heavy atom. The second kappa shape index (κ2) is 6.78. The number of amides is 1. The Morgan fingerprint density at radius 1 is 1.08 bits per heavy atom. The van der Waals surface area contributed by atoms with E-state index in [2.05, 4.69) is 16.4 Å². The molecule has 0 aliphatic heterocycles. The topological polar surface area (TPSA) is 42.0 Å². The van der Waals surface area contributed by atoms with E-state index in [9.17, 15) is 4.79 Å². The SMILES string of the molecule is Cc1nc(-c2cccs2)sc1CNC(=O)c1cccc2ccccc12. The fourth-order valence-electron chi connectivity index (χ4n) is 2.78. The minimum absolute atomic E-state index is 0.0535. The summed E-state index contributed by atoms with van der Waals surface area (Å²) in [6.45, 7) is 2.49. The molecule has 0 bridgehead atoms. The summed E-state index contributed by atoms with van der Waals surface area (Å²) in [5.41, 5.74) is 1.69. The van der Waals surface area contributed by atoms with Gasteiger partial charge in [-0.05, 0) is 35.2 Å². The molecule has 0 saturated heterocycles. The number of aromatic nitrogens is 1. The highest BCUT2D eigenvalue weighted by Crippen LogP contribution is 2.31. The second-order valence-corrected chi connectivity index (χ2v) is 7.75. The molecule has 4 aromatic rings. The van der Waals surface area contributed by atoms with Gasteiger partial charge in [-0.3, -0.25) is 4.79 Å². The first-order valence-electron chi connectivity index (χ1n) is 7.98. The maximum absolute atomic E-state index is 12.7. The minimum Gasteiger partial charge on any atom is -0.347 e. The molecule has 0 aliphatic carbocycles. The molecule has 0 spiro atoms. The van der Waals surface area contributed by atoms with Crippen LogP contribution in [0.2, 0.25) is 0 Å². The van der Waals surface area contributed by atoms with Gasteiger partial charge in [0.2, 0.25) is 0 Å². The normalized spacial score (nSPS) is 10.9.